The molecule has 1 unspecified atom stereocenters. The van der Waals surface area contributed by atoms with Crippen molar-refractivity contribution < 1.29 is 14.7 Å². The van der Waals surface area contributed by atoms with Gasteiger partial charge in [0.15, 0.2) is 0 Å². The summed E-state index contributed by atoms with van der Waals surface area (Å²) < 4.78 is 0. The van der Waals surface area contributed by atoms with Crippen molar-refractivity contribution in [1.82, 2.24) is 5.32 Å². The third-order valence-electron chi connectivity index (χ3n) is 2.57. The zero-order chi connectivity index (χ0) is 10.8. The van der Waals surface area contributed by atoms with Gasteiger partial charge in [0.2, 0.25) is 5.91 Å². The number of carbonyl (C=O) groups excluding carboxylic acids is 1. The molecule has 1 saturated carbocycles. The van der Waals surface area contributed by atoms with Gasteiger partial charge in [-0.2, -0.15) is 5.26 Å². The van der Waals surface area contributed by atoms with Gasteiger partial charge in [-0.15, -0.1) is 0 Å². The van der Waals surface area contributed by atoms with Gasteiger partial charge in [-0.25, -0.2) is 4.79 Å². The highest BCUT2D eigenvalue weighted by Gasteiger charge is 2.46. The van der Waals surface area contributed by atoms with Crippen molar-refractivity contribution in [1.29, 1.82) is 5.26 Å². The molecule has 0 aromatic heterocycles. The summed E-state index contributed by atoms with van der Waals surface area (Å²) in [5.41, 5.74) is -1.11. The normalized spacial score (nSPS) is 20.0. The molecule has 5 nitrogen and oxygen atoms in total. The molecule has 1 rings (SSSR count). The number of nitrogens with zero attached hydrogens (tertiary/aromatic N) is 1. The maximum atomic E-state index is 11.3. The fraction of sp³-hybridized carbons (Fsp3) is 0.667. The van der Waals surface area contributed by atoms with Crippen LogP contribution < -0.4 is 5.32 Å². The van der Waals surface area contributed by atoms with E-state index in [1.807, 2.05) is 0 Å². The number of aliphatic carboxylic acids is 1. The Bertz CT molecular complexity index is 302. The molecule has 0 aliphatic heterocycles. The number of carbonyl (C=O) groups is 2. The van der Waals surface area contributed by atoms with Crippen LogP contribution in [-0.2, 0) is 9.59 Å². The van der Waals surface area contributed by atoms with Crippen LogP contribution in [0.25, 0.3) is 0 Å². The predicted molar refractivity (Wildman–Crippen MR) is 47.1 cm³/mol. The predicted octanol–water partition coefficient (Wildman–Crippen LogP) is 0.270. The molecule has 1 fully saturated rings. The molecule has 2 N–H and O–H groups in total. The second-order valence-electron chi connectivity index (χ2n) is 3.58. The summed E-state index contributed by atoms with van der Waals surface area (Å²) in [6.45, 7) is 1.45. The number of hydrogen-bond donors (Lipinski definition) is 2. The van der Waals surface area contributed by atoms with Gasteiger partial charge in [-0.3, -0.25) is 4.79 Å². The minimum Gasteiger partial charge on any atom is -0.480 e. The lowest BCUT2D eigenvalue weighted by Gasteiger charge is -2.38. The second-order valence-corrected chi connectivity index (χ2v) is 3.58. The van der Waals surface area contributed by atoms with E-state index >= 15 is 0 Å². The Morgan fingerprint density at radius 1 is 1.57 bits per heavy atom. The Morgan fingerprint density at radius 2 is 2.14 bits per heavy atom. The molecular formula is C9H12N2O3. The summed E-state index contributed by atoms with van der Waals surface area (Å²) >= 11 is 0. The van der Waals surface area contributed by atoms with Gasteiger partial charge in [0.25, 0.3) is 0 Å². The second kappa shape index (κ2) is 3.66. The molecule has 0 bridgehead atoms. The van der Waals surface area contributed by atoms with Crippen molar-refractivity contribution >= 4 is 11.9 Å². The van der Waals surface area contributed by atoms with Crippen LogP contribution in [0.5, 0.6) is 0 Å². The molecule has 14 heavy (non-hydrogen) atoms. The SMILES string of the molecule is CC(C#N)C(=O)NC1(C(=O)O)CCC1. The van der Waals surface area contributed by atoms with E-state index in [4.69, 9.17) is 10.4 Å². The van der Waals surface area contributed by atoms with Crippen LogP contribution in [-0.4, -0.2) is 22.5 Å². The first-order valence-electron chi connectivity index (χ1n) is 4.47. The van der Waals surface area contributed by atoms with Gasteiger partial charge in [0, 0.05) is 0 Å². The van der Waals surface area contributed by atoms with Gasteiger partial charge in [0.05, 0.1) is 6.07 Å². The summed E-state index contributed by atoms with van der Waals surface area (Å²) in [7, 11) is 0. The van der Waals surface area contributed by atoms with Gasteiger partial charge < -0.3 is 10.4 Å². The van der Waals surface area contributed by atoms with E-state index in [0.717, 1.165) is 6.42 Å². The first-order valence-corrected chi connectivity index (χ1v) is 4.47. The van der Waals surface area contributed by atoms with Gasteiger partial charge in [-0.05, 0) is 26.2 Å². The highest BCUT2D eigenvalue weighted by molar-refractivity contribution is 5.89. The van der Waals surface area contributed by atoms with Crippen LogP contribution in [0.15, 0.2) is 0 Å². The highest BCUT2D eigenvalue weighted by Crippen LogP contribution is 2.32. The van der Waals surface area contributed by atoms with E-state index in [1.54, 1.807) is 6.07 Å². The zero-order valence-electron chi connectivity index (χ0n) is 7.91. The largest absolute Gasteiger partial charge is 0.480 e. The quantitative estimate of drug-likeness (QED) is 0.677. The number of nitriles is 1. The van der Waals surface area contributed by atoms with Crippen molar-refractivity contribution in [2.24, 2.45) is 5.92 Å². The van der Waals surface area contributed by atoms with Crippen LogP contribution in [0.4, 0.5) is 0 Å². The number of rotatable bonds is 3. The molecule has 0 aromatic rings. The Balaban J connectivity index is 2.63. The Labute approximate surface area is 81.7 Å². The smallest absolute Gasteiger partial charge is 0.329 e. The zero-order valence-corrected chi connectivity index (χ0v) is 7.91. The summed E-state index contributed by atoms with van der Waals surface area (Å²) in [5.74, 6) is -2.32. The van der Waals surface area contributed by atoms with Crippen LogP contribution in [0.1, 0.15) is 26.2 Å². The third kappa shape index (κ3) is 1.69. The molecule has 5 heteroatoms. The monoisotopic (exact) mass is 196 g/mol. The van der Waals surface area contributed by atoms with Crippen molar-refractivity contribution in [3.05, 3.63) is 0 Å². The van der Waals surface area contributed by atoms with Crippen molar-refractivity contribution in [2.45, 2.75) is 31.7 Å². The number of hydrogen-bond acceptors (Lipinski definition) is 3. The first-order chi connectivity index (χ1) is 6.52. The van der Waals surface area contributed by atoms with E-state index in [2.05, 4.69) is 5.32 Å². The number of carboxylic acid groups (broad SMARTS) is 1. The molecular weight excluding hydrogens is 184 g/mol. The topological polar surface area (TPSA) is 90.2 Å². The minimum atomic E-state index is -1.11. The number of carboxylic acids is 1. The average molecular weight is 196 g/mol. The lowest BCUT2D eigenvalue weighted by molar-refractivity contribution is -0.152. The fourth-order valence-corrected chi connectivity index (χ4v) is 1.33. The molecule has 1 atom stereocenters. The minimum absolute atomic E-state index is 0.451. The fourth-order valence-electron chi connectivity index (χ4n) is 1.33. The molecule has 1 amide bonds. The van der Waals surface area contributed by atoms with E-state index < -0.39 is 23.3 Å². The summed E-state index contributed by atoms with van der Waals surface area (Å²) in [5, 5.41) is 19.8. The molecule has 0 radical (unpaired) electrons. The first kappa shape index (κ1) is 10.5. The van der Waals surface area contributed by atoms with Crippen LogP contribution in [0.2, 0.25) is 0 Å². The maximum Gasteiger partial charge on any atom is 0.329 e. The molecule has 76 valence electrons. The van der Waals surface area contributed by atoms with Crippen molar-refractivity contribution in [3.63, 3.8) is 0 Å². The summed E-state index contributed by atoms with van der Waals surface area (Å²) in [4.78, 5) is 22.1. The molecule has 0 saturated heterocycles. The molecule has 0 aromatic carbocycles. The van der Waals surface area contributed by atoms with E-state index in [9.17, 15) is 9.59 Å². The Morgan fingerprint density at radius 3 is 2.43 bits per heavy atom. The summed E-state index contributed by atoms with van der Waals surface area (Å²) in [6.07, 6.45) is 1.70. The van der Waals surface area contributed by atoms with Crippen molar-refractivity contribution in [3.8, 4) is 6.07 Å². The van der Waals surface area contributed by atoms with Crippen molar-refractivity contribution in [2.75, 3.05) is 0 Å². The average Bonchev–Trinajstić information content (AvgIpc) is 2.08. The van der Waals surface area contributed by atoms with Gasteiger partial charge in [0.1, 0.15) is 11.5 Å². The standard InChI is InChI=1S/C9H12N2O3/c1-6(5-10)7(12)11-9(8(13)14)3-2-4-9/h6H,2-4H2,1H3,(H,11,12)(H,13,14). The molecule has 1 aliphatic carbocycles. The van der Waals surface area contributed by atoms with Gasteiger partial charge in [-0.1, -0.05) is 0 Å². The van der Waals surface area contributed by atoms with Gasteiger partial charge >= 0.3 is 5.97 Å². The molecule has 0 heterocycles. The van der Waals surface area contributed by atoms with E-state index in [-0.39, 0.29) is 0 Å². The highest BCUT2D eigenvalue weighted by atomic mass is 16.4. The van der Waals surface area contributed by atoms with Crippen LogP contribution in [0, 0.1) is 17.2 Å². The lowest BCUT2D eigenvalue weighted by atomic mass is 9.76. The Kier molecular flexibility index (Phi) is 2.75. The van der Waals surface area contributed by atoms with Crippen LogP contribution >= 0.6 is 0 Å². The van der Waals surface area contributed by atoms with Crippen LogP contribution in [0.3, 0.4) is 0 Å². The molecule has 1 aliphatic rings. The number of amides is 1. The van der Waals surface area contributed by atoms with E-state index in [1.165, 1.54) is 6.92 Å². The Hall–Kier alpha value is -1.57. The maximum absolute atomic E-state index is 11.3. The molecule has 0 spiro atoms. The third-order valence-corrected chi connectivity index (χ3v) is 2.57. The lowest BCUT2D eigenvalue weighted by Crippen LogP contribution is -2.59. The number of nitrogens with one attached hydrogen (secondary N) is 1. The van der Waals surface area contributed by atoms with E-state index in [0.29, 0.717) is 12.8 Å². The summed E-state index contributed by atoms with van der Waals surface area (Å²) in [6, 6.07) is 1.77.